The van der Waals surface area contributed by atoms with Crippen molar-refractivity contribution in [3.05, 3.63) is 18.3 Å². The number of piperazine rings is 1. The molecule has 0 aliphatic carbocycles. The van der Waals surface area contributed by atoms with E-state index in [9.17, 15) is 9.59 Å². The molecule has 1 unspecified atom stereocenters. The summed E-state index contributed by atoms with van der Waals surface area (Å²) in [6, 6.07) is 3.45. The maximum absolute atomic E-state index is 12.3. The van der Waals surface area contributed by atoms with E-state index in [2.05, 4.69) is 20.4 Å². The minimum atomic E-state index is -0.328. The van der Waals surface area contributed by atoms with Gasteiger partial charge in [0.1, 0.15) is 6.04 Å². The Kier molecular flexibility index (Phi) is 3.49. The summed E-state index contributed by atoms with van der Waals surface area (Å²) in [5.74, 6) is 0.852. The molecule has 2 amide bonds. The molecule has 3 rings (SSSR count). The highest BCUT2D eigenvalue weighted by Gasteiger charge is 2.32. The van der Waals surface area contributed by atoms with Crippen LogP contribution >= 0.6 is 0 Å². The Morgan fingerprint density at radius 1 is 1.30 bits per heavy atom. The molecule has 0 spiro atoms. The highest BCUT2D eigenvalue weighted by molar-refractivity contribution is 5.90. The molecule has 2 aliphatic heterocycles. The minimum absolute atomic E-state index is 0.0263. The highest BCUT2D eigenvalue weighted by atomic mass is 16.2. The van der Waals surface area contributed by atoms with Crippen molar-refractivity contribution in [3.63, 3.8) is 0 Å². The van der Waals surface area contributed by atoms with Crippen molar-refractivity contribution in [2.75, 3.05) is 31.1 Å². The van der Waals surface area contributed by atoms with Crippen LogP contribution in [0, 0.1) is 0 Å². The molecular weight excluding hydrogens is 258 g/mol. The molecule has 2 fully saturated rings. The molecule has 0 bridgehead atoms. The van der Waals surface area contributed by atoms with Crippen LogP contribution in [0.1, 0.15) is 12.8 Å². The van der Waals surface area contributed by atoms with Gasteiger partial charge < -0.3 is 15.1 Å². The zero-order valence-electron chi connectivity index (χ0n) is 11.2. The van der Waals surface area contributed by atoms with Crippen LogP contribution in [0.25, 0.3) is 0 Å². The van der Waals surface area contributed by atoms with Crippen molar-refractivity contribution in [1.29, 1.82) is 0 Å². The molecule has 0 radical (unpaired) electrons. The second kappa shape index (κ2) is 5.44. The SMILES string of the molecule is O=C1CCC(C(=O)N2CCN(c3cccnn3)CC2)N1. The van der Waals surface area contributed by atoms with Crippen LogP contribution in [-0.4, -0.2) is 59.1 Å². The van der Waals surface area contributed by atoms with Gasteiger partial charge in [-0.15, -0.1) is 5.10 Å². The van der Waals surface area contributed by atoms with E-state index in [-0.39, 0.29) is 17.9 Å². The minimum Gasteiger partial charge on any atom is -0.352 e. The van der Waals surface area contributed by atoms with Crippen molar-refractivity contribution in [3.8, 4) is 0 Å². The van der Waals surface area contributed by atoms with E-state index < -0.39 is 0 Å². The maximum Gasteiger partial charge on any atom is 0.245 e. The normalized spacial score (nSPS) is 22.8. The van der Waals surface area contributed by atoms with E-state index in [1.807, 2.05) is 17.0 Å². The molecule has 1 aromatic heterocycles. The predicted molar refractivity (Wildman–Crippen MR) is 72.0 cm³/mol. The number of carbonyl (C=O) groups excluding carboxylic acids is 2. The first-order valence-corrected chi connectivity index (χ1v) is 6.85. The summed E-state index contributed by atoms with van der Waals surface area (Å²) >= 11 is 0. The van der Waals surface area contributed by atoms with E-state index in [1.54, 1.807) is 6.20 Å². The standard InChI is InChI=1S/C13H17N5O2/c19-12-4-3-10(15-12)13(20)18-8-6-17(7-9-18)11-2-1-5-14-16-11/h1-2,5,10H,3-4,6-9H2,(H,15,19). The Morgan fingerprint density at radius 3 is 2.70 bits per heavy atom. The molecule has 1 atom stereocenters. The smallest absolute Gasteiger partial charge is 0.245 e. The second-order valence-corrected chi connectivity index (χ2v) is 5.05. The van der Waals surface area contributed by atoms with Crippen LogP contribution < -0.4 is 10.2 Å². The molecule has 7 nitrogen and oxygen atoms in total. The third-order valence-corrected chi connectivity index (χ3v) is 3.77. The van der Waals surface area contributed by atoms with Gasteiger partial charge >= 0.3 is 0 Å². The molecule has 0 saturated carbocycles. The summed E-state index contributed by atoms with van der Waals surface area (Å²) in [5, 5.41) is 10.7. The summed E-state index contributed by atoms with van der Waals surface area (Å²) in [4.78, 5) is 27.4. The third kappa shape index (κ3) is 2.56. The summed E-state index contributed by atoms with van der Waals surface area (Å²) in [6.45, 7) is 2.79. The van der Waals surface area contributed by atoms with Crippen LogP contribution in [0.4, 0.5) is 5.82 Å². The third-order valence-electron chi connectivity index (χ3n) is 3.77. The van der Waals surface area contributed by atoms with Crippen molar-refractivity contribution in [2.24, 2.45) is 0 Å². The molecule has 0 aromatic carbocycles. The van der Waals surface area contributed by atoms with Gasteiger partial charge in [-0.3, -0.25) is 9.59 Å². The average molecular weight is 275 g/mol. The topological polar surface area (TPSA) is 78.4 Å². The lowest BCUT2D eigenvalue weighted by atomic mass is 10.2. The number of hydrogen-bond donors (Lipinski definition) is 1. The number of rotatable bonds is 2. The lowest BCUT2D eigenvalue weighted by Gasteiger charge is -2.36. The average Bonchev–Trinajstić information content (AvgIpc) is 2.94. The van der Waals surface area contributed by atoms with Gasteiger partial charge in [0.25, 0.3) is 0 Å². The maximum atomic E-state index is 12.3. The number of nitrogens with zero attached hydrogens (tertiary/aromatic N) is 4. The van der Waals surface area contributed by atoms with Crippen LogP contribution in [0.5, 0.6) is 0 Å². The van der Waals surface area contributed by atoms with Gasteiger partial charge in [-0.25, -0.2) is 0 Å². The van der Waals surface area contributed by atoms with Gasteiger partial charge in [0.2, 0.25) is 11.8 Å². The Hall–Kier alpha value is -2.18. The summed E-state index contributed by atoms with van der Waals surface area (Å²) in [6.07, 6.45) is 2.71. The molecule has 106 valence electrons. The first-order valence-electron chi connectivity index (χ1n) is 6.85. The van der Waals surface area contributed by atoms with Crippen LogP contribution in [-0.2, 0) is 9.59 Å². The fraction of sp³-hybridized carbons (Fsp3) is 0.538. The Labute approximate surface area is 117 Å². The van der Waals surface area contributed by atoms with E-state index in [4.69, 9.17) is 0 Å². The summed E-state index contributed by atoms with van der Waals surface area (Å²) < 4.78 is 0. The van der Waals surface area contributed by atoms with Crippen LogP contribution in [0.15, 0.2) is 18.3 Å². The number of carbonyl (C=O) groups is 2. The number of hydrogen-bond acceptors (Lipinski definition) is 5. The zero-order valence-corrected chi connectivity index (χ0v) is 11.2. The molecule has 2 aliphatic rings. The van der Waals surface area contributed by atoms with Gasteiger partial charge in [0.15, 0.2) is 5.82 Å². The Balaban J connectivity index is 1.56. The van der Waals surface area contributed by atoms with Crippen LogP contribution in [0.2, 0.25) is 0 Å². The van der Waals surface area contributed by atoms with Crippen LogP contribution in [0.3, 0.4) is 0 Å². The van der Waals surface area contributed by atoms with Gasteiger partial charge in [0, 0.05) is 38.8 Å². The van der Waals surface area contributed by atoms with Crippen molar-refractivity contribution < 1.29 is 9.59 Å². The van der Waals surface area contributed by atoms with Crippen molar-refractivity contribution >= 4 is 17.6 Å². The fourth-order valence-corrected chi connectivity index (χ4v) is 2.64. The first kappa shape index (κ1) is 12.8. The Morgan fingerprint density at radius 2 is 2.10 bits per heavy atom. The van der Waals surface area contributed by atoms with E-state index in [0.717, 1.165) is 18.9 Å². The molecule has 20 heavy (non-hydrogen) atoms. The van der Waals surface area contributed by atoms with Gasteiger partial charge in [0.05, 0.1) is 0 Å². The molecule has 7 heteroatoms. The quantitative estimate of drug-likeness (QED) is 0.780. The summed E-state index contributed by atoms with van der Waals surface area (Å²) in [7, 11) is 0. The lowest BCUT2D eigenvalue weighted by molar-refractivity contribution is -0.134. The molecular formula is C13H17N5O2. The van der Waals surface area contributed by atoms with Crippen molar-refractivity contribution in [1.82, 2.24) is 20.4 Å². The molecule has 1 N–H and O–H groups in total. The monoisotopic (exact) mass is 275 g/mol. The molecule has 1 aromatic rings. The van der Waals surface area contributed by atoms with Gasteiger partial charge in [-0.2, -0.15) is 5.10 Å². The van der Waals surface area contributed by atoms with Gasteiger partial charge in [-0.1, -0.05) is 0 Å². The molecule has 2 saturated heterocycles. The Bertz CT molecular complexity index is 499. The number of nitrogens with one attached hydrogen (secondary N) is 1. The number of aromatic nitrogens is 2. The first-order chi connectivity index (χ1) is 9.74. The van der Waals surface area contributed by atoms with E-state index >= 15 is 0 Å². The van der Waals surface area contributed by atoms with Crippen molar-refractivity contribution in [2.45, 2.75) is 18.9 Å². The molecule has 3 heterocycles. The zero-order chi connectivity index (χ0) is 13.9. The second-order valence-electron chi connectivity index (χ2n) is 5.05. The van der Waals surface area contributed by atoms with E-state index in [0.29, 0.717) is 25.9 Å². The number of anilines is 1. The fourth-order valence-electron chi connectivity index (χ4n) is 2.64. The largest absolute Gasteiger partial charge is 0.352 e. The summed E-state index contributed by atoms with van der Waals surface area (Å²) in [5.41, 5.74) is 0. The highest BCUT2D eigenvalue weighted by Crippen LogP contribution is 2.15. The lowest BCUT2D eigenvalue weighted by Crippen LogP contribution is -2.53. The predicted octanol–water partition coefficient (Wildman–Crippen LogP) is -0.596. The van der Waals surface area contributed by atoms with Gasteiger partial charge in [-0.05, 0) is 18.6 Å². The number of amides is 2. The van der Waals surface area contributed by atoms with E-state index in [1.165, 1.54) is 0 Å².